The SMILES string of the molecule is CC1=NN(c2ccc(OC3CCN(c4cc(Cl)cc(C)n4)CC3)cc2)C(CC(=O)O)C1C.COc1cc(N2CCC(Oc3ccc(N4N=C(C)C(C)C4CC(=O)O)cc3)CC2)c(Cl)cn1. The number of carboxylic acids is 2. The Bertz CT molecular complexity index is 2330. The molecule has 2 saturated heterocycles. The van der Waals surface area contributed by atoms with Crippen molar-refractivity contribution in [2.75, 3.05) is 53.1 Å². The van der Waals surface area contributed by atoms with Gasteiger partial charge in [-0.1, -0.05) is 37.0 Å². The molecule has 4 aliphatic rings. The van der Waals surface area contributed by atoms with Crippen LogP contribution in [0.2, 0.25) is 10.0 Å². The first kappa shape index (κ1) is 47.2. The first-order chi connectivity index (χ1) is 31.1. The van der Waals surface area contributed by atoms with Gasteiger partial charge in [-0.25, -0.2) is 9.97 Å². The number of benzene rings is 2. The number of rotatable bonds is 13. The second-order valence-electron chi connectivity index (χ2n) is 17.1. The molecule has 2 aromatic heterocycles. The zero-order chi connectivity index (χ0) is 46.4. The summed E-state index contributed by atoms with van der Waals surface area (Å²) < 4.78 is 17.7. The number of anilines is 4. The lowest BCUT2D eigenvalue weighted by molar-refractivity contribution is -0.138. The number of aliphatic carboxylic acids is 2. The summed E-state index contributed by atoms with van der Waals surface area (Å²) >= 11 is 12.5. The lowest BCUT2D eigenvalue weighted by Crippen LogP contribution is -2.38. The summed E-state index contributed by atoms with van der Waals surface area (Å²) in [5.74, 6) is 1.64. The highest BCUT2D eigenvalue weighted by Crippen LogP contribution is 2.35. The Morgan fingerprint density at radius 1 is 0.692 bits per heavy atom. The third-order valence-corrected chi connectivity index (χ3v) is 13.2. The summed E-state index contributed by atoms with van der Waals surface area (Å²) in [5, 5.41) is 32.7. The van der Waals surface area contributed by atoms with Crippen LogP contribution in [0.15, 0.2) is 83.1 Å². The molecule has 2 aromatic carbocycles. The van der Waals surface area contributed by atoms with Gasteiger partial charge < -0.3 is 34.2 Å². The number of piperidine rings is 2. The molecule has 346 valence electrons. The summed E-state index contributed by atoms with van der Waals surface area (Å²) in [6.45, 7) is 13.3. The van der Waals surface area contributed by atoms with E-state index >= 15 is 0 Å². The standard InChI is InChI=1S/C24H29ClN4O4.C24H29ClN4O3/c1-15-16(2)27-29(21(15)13-24(30)31)17-4-6-18(7-5-17)33-19-8-10-28(11-9-19)22-12-23(32-3)26-14-20(22)25;1-15-12-18(25)13-23(26-15)28-10-8-21(9-11-28)32-20-6-4-19(5-7-20)29-22(14-24(30)31)16(2)17(3)27-29/h4-7,12,14-15,19,21H,8-11,13H2,1-3H3,(H,30,31);4-7,12-13,16,21-22H,8-11,14H2,1-3H3,(H,30,31). The van der Waals surface area contributed by atoms with Crippen LogP contribution in [0.4, 0.5) is 22.9 Å². The molecule has 4 aromatic rings. The van der Waals surface area contributed by atoms with Gasteiger partial charge in [0.2, 0.25) is 5.88 Å². The summed E-state index contributed by atoms with van der Waals surface area (Å²) in [5.41, 5.74) is 5.49. The van der Waals surface area contributed by atoms with E-state index < -0.39 is 11.9 Å². The highest BCUT2D eigenvalue weighted by Gasteiger charge is 2.36. The largest absolute Gasteiger partial charge is 0.490 e. The van der Waals surface area contributed by atoms with Crippen LogP contribution in [0.3, 0.4) is 0 Å². The molecule has 0 saturated carbocycles. The van der Waals surface area contributed by atoms with Crippen molar-refractivity contribution >= 4 is 69.4 Å². The van der Waals surface area contributed by atoms with E-state index in [-0.39, 0.29) is 49.0 Å². The molecule has 0 bridgehead atoms. The molecule has 0 aliphatic carbocycles. The van der Waals surface area contributed by atoms with Gasteiger partial charge in [0.25, 0.3) is 0 Å². The number of pyridine rings is 2. The number of methoxy groups -OCH3 is 1. The Balaban J connectivity index is 0.000000194. The van der Waals surface area contributed by atoms with Gasteiger partial charge in [0.1, 0.15) is 29.5 Å². The van der Waals surface area contributed by atoms with Gasteiger partial charge in [-0.3, -0.25) is 19.6 Å². The van der Waals surface area contributed by atoms with Crippen LogP contribution in [0, 0.1) is 18.8 Å². The van der Waals surface area contributed by atoms with E-state index in [1.54, 1.807) is 13.3 Å². The van der Waals surface area contributed by atoms with Crippen molar-refractivity contribution in [1.29, 1.82) is 0 Å². The number of nitrogens with zero attached hydrogens (tertiary/aromatic N) is 8. The number of hydrogen-bond acceptors (Lipinski definition) is 13. The van der Waals surface area contributed by atoms with Gasteiger partial charge in [0.15, 0.2) is 0 Å². The highest BCUT2D eigenvalue weighted by molar-refractivity contribution is 6.33. The molecule has 2 fully saturated rings. The van der Waals surface area contributed by atoms with Gasteiger partial charge in [-0.15, -0.1) is 0 Å². The molecule has 0 radical (unpaired) electrons. The van der Waals surface area contributed by atoms with Crippen LogP contribution in [0.5, 0.6) is 17.4 Å². The van der Waals surface area contributed by atoms with Crippen LogP contribution in [0.25, 0.3) is 0 Å². The Labute approximate surface area is 390 Å². The van der Waals surface area contributed by atoms with E-state index in [0.717, 1.165) is 103 Å². The molecule has 17 heteroatoms. The molecule has 8 rings (SSSR count). The second kappa shape index (κ2) is 21.0. The topological polar surface area (TPSA) is 166 Å². The van der Waals surface area contributed by atoms with Crippen molar-refractivity contribution in [3.8, 4) is 17.4 Å². The van der Waals surface area contributed by atoms with Gasteiger partial charge in [0.05, 0.1) is 60.3 Å². The predicted octanol–water partition coefficient (Wildman–Crippen LogP) is 9.23. The van der Waals surface area contributed by atoms with E-state index in [9.17, 15) is 19.8 Å². The number of hydrazone groups is 2. The summed E-state index contributed by atoms with van der Waals surface area (Å²) in [6.07, 6.45) is 5.53. The van der Waals surface area contributed by atoms with Crippen molar-refractivity contribution in [3.63, 3.8) is 0 Å². The number of hydrogen-bond donors (Lipinski definition) is 2. The van der Waals surface area contributed by atoms with Crippen LogP contribution in [0.1, 0.15) is 71.9 Å². The second-order valence-corrected chi connectivity index (χ2v) is 18.0. The Kier molecular flexibility index (Phi) is 15.2. The number of carboxylic acid groups (broad SMARTS) is 2. The summed E-state index contributed by atoms with van der Waals surface area (Å²) in [7, 11) is 1.59. The zero-order valence-electron chi connectivity index (χ0n) is 37.7. The summed E-state index contributed by atoms with van der Waals surface area (Å²) in [4.78, 5) is 35.8. The molecular weight excluding hydrogens is 871 g/mol. The molecular formula is C48H58Cl2N8O7. The molecule has 4 atom stereocenters. The van der Waals surface area contributed by atoms with E-state index in [4.69, 9.17) is 37.4 Å². The molecule has 15 nitrogen and oxygen atoms in total. The Morgan fingerprint density at radius 2 is 1.15 bits per heavy atom. The minimum Gasteiger partial charge on any atom is -0.490 e. The molecule has 4 unspecified atom stereocenters. The first-order valence-electron chi connectivity index (χ1n) is 22.1. The fraction of sp³-hybridized carbons (Fsp3) is 0.458. The molecule has 0 amide bonds. The molecule has 0 spiro atoms. The van der Waals surface area contributed by atoms with Crippen molar-refractivity contribution in [2.24, 2.45) is 22.0 Å². The lowest BCUT2D eigenvalue weighted by Gasteiger charge is -2.34. The van der Waals surface area contributed by atoms with Crippen LogP contribution < -0.4 is 34.0 Å². The van der Waals surface area contributed by atoms with Crippen molar-refractivity contribution in [1.82, 2.24) is 9.97 Å². The third-order valence-electron chi connectivity index (χ3n) is 12.7. The smallest absolute Gasteiger partial charge is 0.305 e. The maximum atomic E-state index is 11.3. The fourth-order valence-corrected chi connectivity index (χ4v) is 9.20. The van der Waals surface area contributed by atoms with E-state index in [0.29, 0.717) is 15.9 Å². The monoisotopic (exact) mass is 928 g/mol. The number of aromatic nitrogens is 2. The molecule has 4 aliphatic heterocycles. The van der Waals surface area contributed by atoms with Crippen LogP contribution >= 0.6 is 23.2 Å². The van der Waals surface area contributed by atoms with Gasteiger partial charge >= 0.3 is 11.9 Å². The first-order valence-corrected chi connectivity index (χ1v) is 22.9. The quantitative estimate of drug-likeness (QED) is 0.130. The number of ether oxygens (including phenoxy) is 3. The third kappa shape index (κ3) is 11.7. The van der Waals surface area contributed by atoms with E-state index in [2.05, 4.69) is 30.0 Å². The Morgan fingerprint density at radius 3 is 1.58 bits per heavy atom. The minimum absolute atomic E-state index is 0.0478. The highest BCUT2D eigenvalue weighted by atomic mass is 35.5. The Hall–Kier alpha value is -5.80. The van der Waals surface area contributed by atoms with E-state index in [1.807, 2.05) is 111 Å². The molecule has 6 heterocycles. The average molecular weight is 930 g/mol. The van der Waals surface area contributed by atoms with Gasteiger partial charge in [0, 0.05) is 91.9 Å². The van der Waals surface area contributed by atoms with Crippen LogP contribution in [-0.4, -0.2) is 101 Å². The average Bonchev–Trinajstić information content (AvgIpc) is 3.72. The van der Waals surface area contributed by atoms with Crippen molar-refractivity contribution < 1.29 is 34.0 Å². The minimum atomic E-state index is -0.820. The normalized spacial score (nSPS) is 21.4. The maximum absolute atomic E-state index is 11.3. The predicted molar refractivity (Wildman–Crippen MR) is 256 cm³/mol. The number of carbonyl (C=O) groups is 2. The number of aryl methyl sites for hydroxylation is 1. The van der Waals surface area contributed by atoms with Gasteiger partial charge in [-0.05, 0) is 81.4 Å². The maximum Gasteiger partial charge on any atom is 0.305 e. The zero-order valence-corrected chi connectivity index (χ0v) is 39.2. The van der Waals surface area contributed by atoms with Crippen molar-refractivity contribution in [3.05, 3.63) is 88.7 Å². The van der Waals surface area contributed by atoms with Gasteiger partial charge in [-0.2, -0.15) is 10.2 Å². The van der Waals surface area contributed by atoms with Crippen molar-refractivity contribution in [2.45, 2.75) is 97.4 Å². The van der Waals surface area contributed by atoms with Crippen LogP contribution in [-0.2, 0) is 9.59 Å². The van der Waals surface area contributed by atoms with E-state index in [1.165, 1.54) is 0 Å². The number of halogens is 2. The molecule has 2 N–H and O–H groups in total. The molecule has 65 heavy (non-hydrogen) atoms. The fourth-order valence-electron chi connectivity index (χ4n) is 8.73. The summed E-state index contributed by atoms with van der Waals surface area (Å²) in [6, 6.07) is 20.8. The lowest BCUT2D eigenvalue weighted by atomic mass is 9.96.